The summed E-state index contributed by atoms with van der Waals surface area (Å²) in [7, 11) is 0. The van der Waals surface area contributed by atoms with Crippen LogP contribution in [0.15, 0.2) is 158 Å². The van der Waals surface area contributed by atoms with E-state index in [4.69, 9.17) is 4.98 Å². The van der Waals surface area contributed by atoms with Gasteiger partial charge >= 0.3 is 0 Å². The number of para-hydroxylation sites is 1. The molecular weight excluding hydrogens is 553 g/mol. The number of rotatable bonds is 4. The monoisotopic (exact) mass is 578 g/mol. The molecule has 2 nitrogen and oxygen atoms in total. The summed E-state index contributed by atoms with van der Waals surface area (Å²) in [5.74, 6) is 0.924. The lowest BCUT2D eigenvalue weighted by Crippen LogP contribution is -1.97. The van der Waals surface area contributed by atoms with Crippen LogP contribution in [0.3, 0.4) is 0 Å². The Kier molecular flexibility index (Phi) is 5.71. The zero-order valence-corrected chi connectivity index (χ0v) is 24.6. The van der Waals surface area contributed by atoms with Crippen LogP contribution in [-0.2, 0) is 0 Å². The van der Waals surface area contributed by atoms with Gasteiger partial charge in [-0.3, -0.25) is 4.57 Å². The highest BCUT2D eigenvalue weighted by molar-refractivity contribution is 7.26. The van der Waals surface area contributed by atoms with Gasteiger partial charge in [0.1, 0.15) is 5.82 Å². The zero-order valence-electron chi connectivity index (χ0n) is 23.8. The molecule has 0 radical (unpaired) electrons. The minimum atomic E-state index is 0.924. The number of pyridine rings is 1. The lowest BCUT2D eigenvalue weighted by Gasteiger charge is -2.12. The van der Waals surface area contributed by atoms with Crippen molar-refractivity contribution in [2.45, 2.75) is 0 Å². The van der Waals surface area contributed by atoms with Crippen LogP contribution in [0, 0.1) is 0 Å². The van der Waals surface area contributed by atoms with E-state index in [0.717, 1.165) is 16.9 Å². The maximum Gasteiger partial charge on any atom is 0.137 e. The summed E-state index contributed by atoms with van der Waals surface area (Å²) in [4.78, 5) is 5.13. The van der Waals surface area contributed by atoms with E-state index in [1.165, 1.54) is 64.2 Å². The second kappa shape index (κ2) is 10.0. The van der Waals surface area contributed by atoms with Crippen molar-refractivity contribution in [3.05, 3.63) is 158 Å². The van der Waals surface area contributed by atoms with Gasteiger partial charge in [-0.2, -0.15) is 0 Å². The zero-order chi connectivity index (χ0) is 29.0. The van der Waals surface area contributed by atoms with Gasteiger partial charge in [-0.25, -0.2) is 4.98 Å². The van der Waals surface area contributed by atoms with Crippen LogP contribution in [0.25, 0.3) is 81.2 Å². The quantitative estimate of drug-likeness (QED) is 0.203. The van der Waals surface area contributed by atoms with Crippen LogP contribution in [0.4, 0.5) is 0 Å². The summed E-state index contributed by atoms with van der Waals surface area (Å²) in [6.07, 6.45) is 2.03. The number of hydrogen-bond donors (Lipinski definition) is 0. The molecule has 0 unspecified atom stereocenters. The molecule has 3 heteroatoms. The molecule has 9 aromatic rings. The van der Waals surface area contributed by atoms with Gasteiger partial charge in [0.2, 0.25) is 0 Å². The van der Waals surface area contributed by atoms with E-state index in [1.807, 2.05) is 17.5 Å². The number of fused-ring (bicyclic) bond motifs is 7. The molecule has 6 aromatic carbocycles. The fraction of sp³-hybridized carbons (Fsp3) is 0. The molecule has 0 aliphatic heterocycles. The van der Waals surface area contributed by atoms with Crippen LogP contribution in [0.5, 0.6) is 0 Å². The van der Waals surface area contributed by atoms with Crippen LogP contribution >= 0.6 is 11.3 Å². The maximum absolute atomic E-state index is 5.13. The van der Waals surface area contributed by atoms with E-state index in [1.54, 1.807) is 0 Å². The molecule has 0 aliphatic rings. The Hall–Kier alpha value is -5.51. The van der Waals surface area contributed by atoms with Crippen molar-refractivity contribution in [2.75, 3.05) is 0 Å². The third-order valence-corrected chi connectivity index (χ3v) is 9.83. The van der Waals surface area contributed by atoms with Crippen LogP contribution in [0.1, 0.15) is 0 Å². The summed E-state index contributed by atoms with van der Waals surface area (Å²) in [5, 5.41) is 5.11. The highest BCUT2D eigenvalue weighted by Crippen LogP contribution is 2.43. The topological polar surface area (TPSA) is 17.8 Å². The van der Waals surface area contributed by atoms with Crippen molar-refractivity contribution in [3.8, 4) is 39.2 Å². The molecule has 3 aromatic heterocycles. The van der Waals surface area contributed by atoms with Crippen LogP contribution < -0.4 is 0 Å². The summed E-state index contributed by atoms with van der Waals surface area (Å²) in [6, 6.07) is 54.4. The highest BCUT2D eigenvalue weighted by atomic mass is 32.1. The van der Waals surface area contributed by atoms with E-state index in [9.17, 15) is 0 Å². The van der Waals surface area contributed by atoms with E-state index in [-0.39, 0.29) is 0 Å². The number of thiophene rings is 1. The Balaban J connectivity index is 1.24. The molecule has 0 atom stereocenters. The molecule has 0 amide bonds. The summed E-state index contributed by atoms with van der Waals surface area (Å²) >= 11 is 1.87. The van der Waals surface area contributed by atoms with Crippen molar-refractivity contribution in [1.82, 2.24) is 9.55 Å². The van der Waals surface area contributed by atoms with E-state index < -0.39 is 0 Å². The second-order valence-electron chi connectivity index (χ2n) is 11.2. The molecule has 0 saturated heterocycles. The molecular formula is C41H26N2S. The van der Waals surface area contributed by atoms with E-state index in [2.05, 4.69) is 156 Å². The molecule has 0 bridgehead atoms. The van der Waals surface area contributed by atoms with Gasteiger partial charge in [-0.1, -0.05) is 109 Å². The smallest absolute Gasteiger partial charge is 0.137 e. The van der Waals surface area contributed by atoms with Crippen molar-refractivity contribution < 1.29 is 0 Å². The Morgan fingerprint density at radius 1 is 0.432 bits per heavy atom. The summed E-state index contributed by atoms with van der Waals surface area (Å²) in [6.45, 7) is 0. The third-order valence-electron chi connectivity index (χ3n) is 8.64. The number of nitrogens with zero attached hydrogens (tertiary/aromatic N) is 2. The molecule has 0 fully saturated rings. The first kappa shape index (κ1) is 25.0. The molecule has 9 rings (SSSR count). The SMILES string of the molecule is c1ccc(-c2cc(-c3ccccc3)cc(-c3ccc(-n4c5ccccc5c5ccc6c7ccccc7sc6c54)nc3)c2)cc1. The van der Waals surface area contributed by atoms with Gasteiger partial charge in [0.05, 0.1) is 15.7 Å². The van der Waals surface area contributed by atoms with Gasteiger partial charge in [-0.05, 0) is 70.3 Å². The van der Waals surface area contributed by atoms with Crippen LogP contribution in [-0.4, -0.2) is 9.55 Å². The predicted octanol–water partition coefficient (Wildman–Crippen LogP) is 11.5. The fourth-order valence-electron chi connectivity index (χ4n) is 6.55. The molecule has 44 heavy (non-hydrogen) atoms. The third kappa shape index (κ3) is 3.98. The van der Waals surface area contributed by atoms with Crippen molar-refractivity contribution in [1.29, 1.82) is 0 Å². The Morgan fingerprint density at radius 2 is 1.02 bits per heavy atom. The Labute approximate surface area is 259 Å². The first-order valence-electron chi connectivity index (χ1n) is 14.9. The lowest BCUT2D eigenvalue weighted by atomic mass is 9.94. The predicted molar refractivity (Wildman–Crippen MR) is 188 cm³/mol. The van der Waals surface area contributed by atoms with Crippen molar-refractivity contribution >= 4 is 53.3 Å². The highest BCUT2D eigenvalue weighted by Gasteiger charge is 2.18. The van der Waals surface area contributed by atoms with Gasteiger partial charge in [-0.15, -0.1) is 11.3 Å². The van der Waals surface area contributed by atoms with Gasteiger partial charge in [0, 0.05) is 38.0 Å². The molecule has 0 aliphatic carbocycles. The normalized spacial score (nSPS) is 11.6. The standard InChI is InChI=1S/C41H26N2S/c1-3-11-27(12-4-1)30-23-31(28-13-5-2-6-14-28)25-32(24-30)29-19-22-39(42-26-29)43-37-17-9-7-15-33(37)35-20-21-36-34-16-8-10-18-38(34)44-41(36)40(35)43/h1-26H. The van der Waals surface area contributed by atoms with Gasteiger partial charge in [0.25, 0.3) is 0 Å². The lowest BCUT2D eigenvalue weighted by molar-refractivity contribution is 1.09. The number of benzene rings is 6. The fourth-order valence-corrected chi connectivity index (χ4v) is 7.79. The molecule has 3 heterocycles. The molecule has 0 spiro atoms. The second-order valence-corrected chi connectivity index (χ2v) is 12.3. The summed E-state index contributed by atoms with van der Waals surface area (Å²) in [5.41, 5.74) is 9.44. The minimum Gasteiger partial charge on any atom is -0.292 e. The largest absolute Gasteiger partial charge is 0.292 e. The van der Waals surface area contributed by atoms with Crippen LogP contribution in [0.2, 0.25) is 0 Å². The first-order chi connectivity index (χ1) is 21.8. The number of aromatic nitrogens is 2. The molecule has 0 saturated carbocycles. The Morgan fingerprint density at radius 3 is 1.70 bits per heavy atom. The minimum absolute atomic E-state index is 0.924. The molecule has 206 valence electrons. The average Bonchev–Trinajstić information content (AvgIpc) is 3.65. The van der Waals surface area contributed by atoms with E-state index in [0.29, 0.717) is 0 Å². The average molecular weight is 579 g/mol. The maximum atomic E-state index is 5.13. The first-order valence-corrected chi connectivity index (χ1v) is 15.7. The Bertz CT molecular complexity index is 2410. The molecule has 0 N–H and O–H groups in total. The van der Waals surface area contributed by atoms with Gasteiger partial charge in [0.15, 0.2) is 0 Å². The number of hydrogen-bond acceptors (Lipinski definition) is 2. The van der Waals surface area contributed by atoms with Crippen molar-refractivity contribution in [3.63, 3.8) is 0 Å². The van der Waals surface area contributed by atoms with E-state index >= 15 is 0 Å². The summed E-state index contributed by atoms with van der Waals surface area (Å²) < 4.78 is 4.96. The van der Waals surface area contributed by atoms with Crippen molar-refractivity contribution in [2.24, 2.45) is 0 Å². The van der Waals surface area contributed by atoms with Gasteiger partial charge < -0.3 is 0 Å².